The quantitative estimate of drug-likeness (QED) is 0.838. The predicted octanol–water partition coefficient (Wildman–Crippen LogP) is 2.73. The van der Waals surface area contributed by atoms with Crippen LogP contribution in [0.15, 0.2) is 0 Å². The first-order valence-corrected chi connectivity index (χ1v) is 8.19. The van der Waals surface area contributed by atoms with Gasteiger partial charge in [0.15, 0.2) is 0 Å². The highest BCUT2D eigenvalue weighted by Gasteiger charge is 2.27. The normalized spacial score (nSPS) is 19.0. The number of nitrogens with one attached hydrogen (secondary N) is 2. The van der Waals surface area contributed by atoms with Crippen molar-refractivity contribution in [1.82, 2.24) is 15.5 Å². The number of likely N-dealkylation sites (tertiary alicyclic amines) is 1. The highest BCUT2D eigenvalue weighted by molar-refractivity contribution is 5.74. The van der Waals surface area contributed by atoms with Crippen LogP contribution >= 0.6 is 0 Å². The number of amides is 3. The van der Waals surface area contributed by atoms with Crippen molar-refractivity contribution in [2.75, 3.05) is 19.6 Å². The molecule has 0 aromatic rings. The fourth-order valence-electron chi connectivity index (χ4n) is 2.50. The number of ether oxygens (including phenoxy) is 1. The molecule has 128 valence electrons. The van der Waals surface area contributed by atoms with Crippen LogP contribution in [0, 0.1) is 5.92 Å². The Bertz CT molecular complexity index is 377. The minimum Gasteiger partial charge on any atom is -0.444 e. The van der Waals surface area contributed by atoms with Gasteiger partial charge in [-0.25, -0.2) is 9.59 Å². The van der Waals surface area contributed by atoms with Crippen LogP contribution in [-0.4, -0.2) is 48.3 Å². The van der Waals surface area contributed by atoms with E-state index >= 15 is 0 Å². The molecule has 6 nitrogen and oxygen atoms in total. The number of nitrogens with zero attached hydrogens (tertiary/aromatic N) is 1. The third kappa shape index (κ3) is 7.52. The van der Waals surface area contributed by atoms with Crippen molar-refractivity contribution in [2.24, 2.45) is 5.92 Å². The molecule has 1 aliphatic rings. The number of hydrogen-bond donors (Lipinski definition) is 2. The van der Waals surface area contributed by atoms with Gasteiger partial charge in [-0.3, -0.25) is 0 Å². The number of rotatable bonds is 4. The van der Waals surface area contributed by atoms with E-state index in [9.17, 15) is 9.59 Å². The summed E-state index contributed by atoms with van der Waals surface area (Å²) < 4.78 is 5.42. The van der Waals surface area contributed by atoms with Gasteiger partial charge in [0, 0.05) is 25.7 Å². The molecule has 3 amide bonds. The minimum absolute atomic E-state index is 0.130. The Balaban J connectivity index is 2.31. The summed E-state index contributed by atoms with van der Waals surface area (Å²) in [5, 5.41) is 5.66. The van der Waals surface area contributed by atoms with E-state index in [0.29, 0.717) is 19.0 Å². The van der Waals surface area contributed by atoms with Crippen molar-refractivity contribution in [1.29, 1.82) is 0 Å². The molecule has 0 saturated carbocycles. The number of urea groups is 1. The van der Waals surface area contributed by atoms with Crippen molar-refractivity contribution in [3.8, 4) is 0 Å². The topological polar surface area (TPSA) is 70.7 Å². The molecule has 0 bridgehead atoms. The SMILES string of the molecule is CC(C)NC(=O)NCC[C@@H]1CCCN(C(=O)OC(C)(C)C)C1. The Morgan fingerprint density at radius 3 is 2.59 bits per heavy atom. The smallest absolute Gasteiger partial charge is 0.410 e. The molecule has 1 heterocycles. The van der Waals surface area contributed by atoms with Crippen molar-refractivity contribution >= 4 is 12.1 Å². The largest absolute Gasteiger partial charge is 0.444 e. The van der Waals surface area contributed by atoms with Gasteiger partial charge in [0.05, 0.1) is 0 Å². The van der Waals surface area contributed by atoms with Crippen LogP contribution in [0.3, 0.4) is 0 Å². The van der Waals surface area contributed by atoms with Crippen LogP contribution in [0.5, 0.6) is 0 Å². The van der Waals surface area contributed by atoms with Gasteiger partial charge in [0.25, 0.3) is 0 Å². The molecule has 0 aliphatic carbocycles. The van der Waals surface area contributed by atoms with Gasteiger partial charge in [-0.15, -0.1) is 0 Å². The van der Waals surface area contributed by atoms with Crippen LogP contribution in [-0.2, 0) is 4.74 Å². The second kappa shape index (κ2) is 8.25. The predicted molar refractivity (Wildman–Crippen MR) is 86.8 cm³/mol. The maximum Gasteiger partial charge on any atom is 0.410 e. The highest BCUT2D eigenvalue weighted by Crippen LogP contribution is 2.21. The standard InChI is InChI=1S/C16H31N3O3/c1-12(2)18-14(20)17-9-8-13-7-6-10-19(11-13)15(21)22-16(3,4)5/h12-13H,6-11H2,1-5H3,(H2,17,18,20)/t13-/m0/s1. The lowest BCUT2D eigenvalue weighted by molar-refractivity contribution is 0.0162. The van der Waals surface area contributed by atoms with Gasteiger partial charge < -0.3 is 20.3 Å². The van der Waals surface area contributed by atoms with Gasteiger partial charge in [-0.2, -0.15) is 0 Å². The van der Waals surface area contributed by atoms with E-state index in [0.717, 1.165) is 25.8 Å². The van der Waals surface area contributed by atoms with E-state index < -0.39 is 5.60 Å². The third-order valence-electron chi connectivity index (χ3n) is 3.43. The molecule has 0 aromatic heterocycles. The zero-order valence-corrected chi connectivity index (χ0v) is 14.6. The Hall–Kier alpha value is -1.46. The summed E-state index contributed by atoms with van der Waals surface area (Å²) in [5.41, 5.74) is -0.458. The Labute approximate surface area is 134 Å². The second-order valence-electron chi connectivity index (χ2n) is 7.28. The van der Waals surface area contributed by atoms with E-state index in [1.54, 1.807) is 4.90 Å². The summed E-state index contributed by atoms with van der Waals surface area (Å²) in [6, 6.07) is 0.00662. The molecule has 2 N–H and O–H groups in total. The van der Waals surface area contributed by atoms with Crippen molar-refractivity contribution in [3.05, 3.63) is 0 Å². The minimum atomic E-state index is -0.458. The van der Waals surface area contributed by atoms with Gasteiger partial charge in [0.1, 0.15) is 5.60 Å². The lowest BCUT2D eigenvalue weighted by Gasteiger charge is -2.34. The van der Waals surface area contributed by atoms with Crippen LogP contribution in [0.2, 0.25) is 0 Å². The molecule has 1 aliphatic heterocycles. The molecule has 1 atom stereocenters. The van der Waals surface area contributed by atoms with Crippen LogP contribution in [0.1, 0.15) is 53.9 Å². The first-order valence-electron chi connectivity index (χ1n) is 8.19. The zero-order valence-electron chi connectivity index (χ0n) is 14.6. The van der Waals surface area contributed by atoms with E-state index in [2.05, 4.69) is 10.6 Å². The first kappa shape index (κ1) is 18.6. The maximum absolute atomic E-state index is 12.1. The molecule has 0 spiro atoms. The monoisotopic (exact) mass is 313 g/mol. The van der Waals surface area contributed by atoms with Crippen molar-refractivity contribution in [2.45, 2.75) is 65.5 Å². The van der Waals surface area contributed by atoms with Crippen LogP contribution in [0.4, 0.5) is 9.59 Å². The molecule has 1 saturated heterocycles. The summed E-state index contributed by atoms with van der Waals surface area (Å²) in [6.45, 7) is 11.6. The summed E-state index contributed by atoms with van der Waals surface area (Å²) >= 11 is 0. The van der Waals surface area contributed by atoms with Crippen LogP contribution < -0.4 is 10.6 Å². The number of carbonyl (C=O) groups is 2. The molecular weight excluding hydrogens is 282 g/mol. The van der Waals surface area contributed by atoms with Gasteiger partial charge >= 0.3 is 12.1 Å². The van der Waals surface area contributed by atoms with E-state index in [4.69, 9.17) is 4.74 Å². The summed E-state index contributed by atoms with van der Waals surface area (Å²) in [4.78, 5) is 25.4. The fraction of sp³-hybridized carbons (Fsp3) is 0.875. The number of hydrogen-bond acceptors (Lipinski definition) is 3. The average Bonchev–Trinajstić information content (AvgIpc) is 2.36. The molecule has 0 unspecified atom stereocenters. The Kier molecular flexibility index (Phi) is 6.97. The van der Waals surface area contributed by atoms with Gasteiger partial charge in [-0.1, -0.05) is 0 Å². The van der Waals surface area contributed by atoms with E-state index in [1.807, 2.05) is 34.6 Å². The molecule has 22 heavy (non-hydrogen) atoms. The zero-order chi connectivity index (χ0) is 16.8. The molecule has 0 radical (unpaired) electrons. The van der Waals surface area contributed by atoms with Crippen molar-refractivity contribution in [3.63, 3.8) is 0 Å². The first-order chi connectivity index (χ1) is 10.2. The fourth-order valence-corrected chi connectivity index (χ4v) is 2.50. The number of carbonyl (C=O) groups excluding carboxylic acids is 2. The second-order valence-corrected chi connectivity index (χ2v) is 7.28. The Morgan fingerprint density at radius 1 is 1.32 bits per heavy atom. The lowest BCUT2D eigenvalue weighted by Crippen LogP contribution is -2.44. The molecular formula is C16H31N3O3. The third-order valence-corrected chi connectivity index (χ3v) is 3.43. The molecule has 1 rings (SSSR count). The molecule has 1 fully saturated rings. The average molecular weight is 313 g/mol. The molecule has 6 heteroatoms. The van der Waals surface area contributed by atoms with Crippen molar-refractivity contribution < 1.29 is 14.3 Å². The highest BCUT2D eigenvalue weighted by atomic mass is 16.6. The molecule has 0 aromatic carbocycles. The van der Waals surface area contributed by atoms with Gasteiger partial charge in [0.2, 0.25) is 0 Å². The summed E-state index contributed by atoms with van der Waals surface area (Å²) in [5.74, 6) is 0.417. The summed E-state index contributed by atoms with van der Waals surface area (Å²) in [7, 11) is 0. The van der Waals surface area contributed by atoms with Crippen LogP contribution in [0.25, 0.3) is 0 Å². The van der Waals surface area contributed by atoms with Gasteiger partial charge in [-0.05, 0) is 59.8 Å². The van der Waals surface area contributed by atoms with E-state index in [-0.39, 0.29) is 18.2 Å². The summed E-state index contributed by atoms with van der Waals surface area (Å²) in [6.07, 6.45) is 2.72. The van der Waals surface area contributed by atoms with E-state index in [1.165, 1.54) is 0 Å². The Morgan fingerprint density at radius 2 is 2.00 bits per heavy atom. The maximum atomic E-state index is 12.1. The lowest BCUT2D eigenvalue weighted by atomic mass is 9.95. The number of piperidine rings is 1.